The molecule has 1 aromatic rings. The van der Waals surface area contributed by atoms with Crippen LogP contribution in [-0.2, 0) is 4.79 Å². The Hall–Kier alpha value is -1.00. The SMILES string of the molecule is Cc1cccc([C@@H]2N[C@@H](C(=O)O)CS2)c1. The molecule has 2 rings (SSSR count). The highest BCUT2D eigenvalue weighted by Crippen LogP contribution is 2.32. The highest BCUT2D eigenvalue weighted by atomic mass is 32.2. The first-order valence-electron chi connectivity index (χ1n) is 4.84. The summed E-state index contributed by atoms with van der Waals surface area (Å²) in [6.45, 7) is 2.04. The second-order valence-electron chi connectivity index (χ2n) is 3.69. The first-order chi connectivity index (χ1) is 7.16. The summed E-state index contributed by atoms with van der Waals surface area (Å²) in [6, 6.07) is 7.75. The zero-order valence-electron chi connectivity index (χ0n) is 8.43. The Kier molecular flexibility index (Phi) is 2.98. The van der Waals surface area contributed by atoms with Crippen LogP contribution in [0.1, 0.15) is 16.5 Å². The second kappa shape index (κ2) is 4.24. The van der Waals surface area contributed by atoms with Crippen molar-refractivity contribution in [3.63, 3.8) is 0 Å². The highest BCUT2D eigenvalue weighted by molar-refractivity contribution is 7.99. The summed E-state index contributed by atoms with van der Waals surface area (Å²) in [5, 5.41) is 12.1. The van der Waals surface area contributed by atoms with Gasteiger partial charge in [-0.15, -0.1) is 11.8 Å². The van der Waals surface area contributed by atoms with Gasteiger partial charge in [0.05, 0.1) is 5.37 Å². The molecule has 1 heterocycles. The van der Waals surface area contributed by atoms with Gasteiger partial charge in [-0.1, -0.05) is 29.8 Å². The van der Waals surface area contributed by atoms with Crippen molar-refractivity contribution in [2.75, 3.05) is 5.75 Å². The summed E-state index contributed by atoms with van der Waals surface area (Å²) in [6.07, 6.45) is 0. The summed E-state index contributed by atoms with van der Waals surface area (Å²) >= 11 is 1.65. The van der Waals surface area contributed by atoms with E-state index in [4.69, 9.17) is 5.11 Å². The van der Waals surface area contributed by atoms with Crippen molar-refractivity contribution in [3.8, 4) is 0 Å². The van der Waals surface area contributed by atoms with Gasteiger partial charge in [-0.25, -0.2) is 0 Å². The normalized spacial score (nSPS) is 25.4. The third-order valence-electron chi connectivity index (χ3n) is 2.43. The van der Waals surface area contributed by atoms with E-state index in [2.05, 4.69) is 11.4 Å². The van der Waals surface area contributed by atoms with E-state index in [9.17, 15) is 4.79 Å². The maximum atomic E-state index is 10.8. The molecular formula is C11H13NO2S. The molecule has 4 heteroatoms. The molecule has 0 bridgehead atoms. The Balaban J connectivity index is 2.11. The first kappa shape index (κ1) is 10.5. The smallest absolute Gasteiger partial charge is 0.321 e. The zero-order valence-corrected chi connectivity index (χ0v) is 9.25. The summed E-state index contributed by atoms with van der Waals surface area (Å²) in [4.78, 5) is 10.8. The highest BCUT2D eigenvalue weighted by Gasteiger charge is 2.30. The maximum absolute atomic E-state index is 10.8. The van der Waals surface area contributed by atoms with E-state index in [1.807, 2.05) is 25.1 Å². The van der Waals surface area contributed by atoms with E-state index in [-0.39, 0.29) is 5.37 Å². The van der Waals surface area contributed by atoms with Crippen molar-refractivity contribution in [3.05, 3.63) is 35.4 Å². The summed E-state index contributed by atoms with van der Waals surface area (Å²) in [7, 11) is 0. The summed E-state index contributed by atoms with van der Waals surface area (Å²) in [5.74, 6) is -0.133. The van der Waals surface area contributed by atoms with Gasteiger partial charge in [-0.2, -0.15) is 0 Å². The Bertz CT molecular complexity index is 381. The number of carboxylic acids is 1. The largest absolute Gasteiger partial charge is 0.480 e. The minimum atomic E-state index is -0.766. The molecule has 0 aliphatic carbocycles. The molecule has 3 nitrogen and oxygen atoms in total. The van der Waals surface area contributed by atoms with Crippen LogP contribution in [0.15, 0.2) is 24.3 Å². The average Bonchev–Trinajstić information content (AvgIpc) is 2.66. The minimum absolute atomic E-state index is 0.117. The number of nitrogens with one attached hydrogen (secondary N) is 1. The van der Waals surface area contributed by atoms with Gasteiger partial charge >= 0.3 is 5.97 Å². The van der Waals surface area contributed by atoms with Gasteiger partial charge in [-0.3, -0.25) is 10.1 Å². The number of aliphatic carboxylic acids is 1. The molecule has 0 spiro atoms. The van der Waals surface area contributed by atoms with E-state index in [0.717, 1.165) is 5.56 Å². The predicted octanol–water partition coefficient (Wildman–Crippen LogP) is 1.78. The molecule has 1 fully saturated rings. The van der Waals surface area contributed by atoms with Crippen LogP contribution in [0.25, 0.3) is 0 Å². The Morgan fingerprint density at radius 1 is 1.60 bits per heavy atom. The Morgan fingerprint density at radius 3 is 3.00 bits per heavy atom. The molecule has 0 unspecified atom stereocenters. The molecule has 15 heavy (non-hydrogen) atoms. The van der Waals surface area contributed by atoms with Crippen molar-refractivity contribution in [2.24, 2.45) is 0 Å². The monoisotopic (exact) mass is 223 g/mol. The minimum Gasteiger partial charge on any atom is -0.480 e. The molecule has 1 saturated heterocycles. The number of carbonyl (C=O) groups is 1. The van der Waals surface area contributed by atoms with Crippen LogP contribution < -0.4 is 5.32 Å². The van der Waals surface area contributed by atoms with Crippen molar-refractivity contribution in [2.45, 2.75) is 18.3 Å². The number of thioether (sulfide) groups is 1. The van der Waals surface area contributed by atoms with Crippen LogP contribution in [-0.4, -0.2) is 22.9 Å². The lowest BCUT2D eigenvalue weighted by molar-refractivity contribution is -0.138. The Morgan fingerprint density at radius 2 is 2.40 bits per heavy atom. The predicted molar refractivity (Wildman–Crippen MR) is 60.9 cm³/mol. The van der Waals surface area contributed by atoms with E-state index >= 15 is 0 Å². The third kappa shape index (κ3) is 2.33. The number of hydrogen-bond acceptors (Lipinski definition) is 3. The van der Waals surface area contributed by atoms with Crippen molar-refractivity contribution in [1.29, 1.82) is 0 Å². The van der Waals surface area contributed by atoms with E-state index < -0.39 is 12.0 Å². The van der Waals surface area contributed by atoms with Crippen LogP contribution in [0, 0.1) is 6.92 Å². The van der Waals surface area contributed by atoms with Crippen molar-refractivity contribution >= 4 is 17.7 Å². The molecule has 1 aliphatic heterocycles. The number of benzene rings is 1. The van der Waals surface area contributed by atoms with Crippen LogP contribution >= 0.6 is 11.8 Å². The lowest BCUT2D eigenvalue weighted by Gasteiger charge is -2.11. The second-order valence-corrected chi connectivity index (χ2v) is 4.82. The van der Waals surface area contributed by atoms with Crippen LogP contribution in [0.4, 0.5) is 0 Å². The maximum Gasteiger partial charge on any atom is 0.321 e. The summed E-state index contributed by atoms with van der Waals surface area (Å²) in [5.41, 5.74) is 2.36. The quantitative estimate of drug-likeness (QED) is 0.802. The van der Waals surface area contributed by atoms with Crippen LogP contribution in [0.3, 0.4) is 0 Å². The lowest BCUT2D eigenvalue weighted by Crippen LogP contribution is -2.33. The molecule has 2 atom stereocenters. The zero-order chi connectivity index (χ0) is 10.8. The van der Waals surface area contributed by atoms with Gasteiger partial charge < -0.3 is 5.11 Å². The summed E-state index contributed by atoms with van der Waals surface area (Å²) < 4.78 is 0. The molecular weight excluding hydrogens is 210 g/mol. The fraction of sp³-hybridized carbons (Fsp3) is 0.364. The van der Waals surface area contributed by atoms with E-state index in [1.165, 1.54) is 5.56 Å². The van der Waals surface area contributed by atoms with Gasteiger partial charge in [0, 0.05) is 5.75 Å². The van der Waals surface area contributed by atoms with E-state index in [0.29, 0.717) is 5.75 Å². The third-order valence-corrected chi connectivity index (χ3v) is 3.69. The van der Waals surface area contributed by atoms with Crippen LogP contribution in [0.5, 0.6) is 0 Å². The standard InChI is InChI=1S/C11H13NO2S/c1-7-3-2-4-8(5-7)10-12-9(6-15-10)11(13)14/h2-5,9-10,12H,6H2,1H3,(H,13,14)/t9-,10-/m1/s1. The van der Waals surface area contributed by atoms with Gasteiger partial charge in [0.1, 0.15) is 6.04 Å². The molecule has 1 aromatic carbocycles. The average molecular weight is 223 g/mol. The number of hydrogen-bond donors (Lipinski definition) is 2. The van der Waals surface area contributed by atoms with E-state index in [1.54, 1.807) is 11.8 Å². The first-order valence-corrected chi connectivity index (χ1v) is 5.89. The Labute approximate surface area is 92.9 Å². The molecule has 80 valence electrons. The van der Waals surface area contributed by atoms with Crippen molar-refractivity contribution < 1.29 is 9.90 Å². The van der Waals surface area contributed by atoms with Gasteiger partial charge in [0.25, 0.3) is 0 Å². The number of rotatable bonds is 2. The molecule has 0 amide bonds. The van der Waals surface area contributed by atoms with Crippen LogP contribution in [0.2, 0.25) is 0 Å². The number of aryl methyl sites for hydroxylation is 1. The fourth-order valence-electron chi connectivity index (χ4n) is 1.64. The number of carboxylic acid groups (broad SMARTS) is 1. The molecule has 0 radical (unpaired) electrons. The van der Waals surface area contributed by atoms with Crippen molar-refractivity contribution in [1.82, 2.24) is 5.32 Å². The molecule has 2 N–H and O–H groups in total. The molecule has 0 saturated carbocycles. The van der Waals surface area contributed by atoms with Gasteiger partial charge in [0.15, 0.2) is 0 Å². The topological polar surface area (TPSA) is 49.3 Å². The fourth-order valence-corrected chi connectivity index (χ4v) is 2.86. The molecule has 1 aliphatic rings. The van der Waals surface area contributed by atoms with Gasteiger partial charge in [0.2, 0.25) is 0 Å². The lowest BCUT2D eigenvalue weighted by atomic mass is 10.1. The van der Waals surface area contributed by atoms with Gasteiger partial charge in [-0.05, 0) is 12.5 Å². The molecule has 0 aromatic heterocycles.